The summed E-state index contributed by atoms with van der Waals surface area (Å²) < 4.78 is 39.9. The lowest BCUT2D eigenvalue weighted by Gasteiger charge is -2.18. The van der Waals surface area contributed by atoms with Gasteiger partial charge in [0.25, 0.3) is 0 Å². The van der Waals surface area contributed by atoms with Crippen molar-refractivity contribution >= 4 is 11.7 Å². The van der Waals surface area contributed by atoms with E-state index in [1.165, 1.54) is 11.6 Å². The predicted octanol–water partition coefficient (Wildman–Crippen LogP) is 5.68. The van der Waals surface area contributed by atoms with Crippen LogP contribution in [0.2, 0.25) is 0 Å². The molecule has 1 aliphatic heterocycles. The number of hydrogen-bond donors (Lipinski definition) is 1. The van der Waals surface area contributed by atoms with Crippen LogP contribution < -0.4 is 5.32 Å². The fourth-order valence-electron chi connectivity index (χ4n) is 4.00. The van der Waals surface area contributed by atoms with Gasteiger partial charge in [-0.1, -0.05) is 36.4 Å². The van der Waals surface area contributed by atoms with E-state index in [2.05, 4.69) is 37.4 Å². The molecular formula is C26H20F3N5. The SMILES string of the molecule is FC(F)(F)c1cccc(-c2cnc(NCC3=NCCc4ccccc43)nc2-c2ccncc2)c1. The maximum absolute atomic E-state index is 13.3. The first kappa shape index (κ1) is 21.8. The standard InChI is InChI=1S/C26H20F3N5/c27-26(28,29)20-6-3-5-19(14-20)22-15-32-25(34-24(22)18-8-11-30-12-9-18)33-16-23-21-7-2-1-4-17(21)10-13-31-23/h1-9,11-12,14-15H,10,13,16H2,(H,32,33,34). The van der Waals surface area contributed by atoms with E-state index in [-0.39, 0.29) is 0 Å². The van der Waals surface area contributed by atoms with Crippen LogP contribution in [0.3, 0.4) is 0 Å². The molecule has 0 unspecified atom stereocenters. The number of alkyl halides is 3. The lowest BCUT2D eigenvalue weighted by molar-refractivity contribution is -0.137. The number of hydrogen-bond acceptors (Lipinski definition) is 5. The summed E-state index contributed by atoms with van der Waals surface area (Å²) >= 11 is 0. The van der Waals surface area contributed by atoms with Crippen LogP contribution in [0.4, 0.5) is 19.1 Å². The number of aromatic nitrogens is 3. The second-order valence-corrected chi connectivity index (χ2v) is 7.86. The molecule has 2 aromatic heterocycles. The molecule has 34 heavy (non-hydrogen) atoms. The minimum absolute atomic E-state index is 0.369. The Labute approximate surface area is 194 Å². The van der Waals surface area contributed by atoms with E-state index in [1.54, 1.807) is 36.8 Å². The van der Waals surface area contributed by atoms with Gasteiger partial charge in [0.2, 0.25) is 5.95 Å². The number of aliphatic imine (C=N–C) groups is 1. The molecular weight excluding hydrogens is 439 g/mol. The Bertz CT molecular complexity index is 1350. The summed E-state index contributed by atoms with van der Waals surface area (Å²) in [6.45, 7) is 1.17. The van der Waals surface area contributed by atoms with E-state index >= 15 is 0 Å². The third kappa shape index (κ3) is 4.52. The molecule has 0 spiro atoms. The third-order valence-electron chi connectivity index (χ3n) is 5.67. The molecule has 0 saturated carbocycles. The summed E-state index contributed by atoms with van der Waals surface area (Å²) in [4.78, 5) is 17.8. The van der Waals surface area contributed by atoms with E-state index < -0.39 is 11.7 Å². The molecule has 0 saturated heterocycles. The van der Waals surface area contributed by atoms with E-state index in [0.29, 0.717) is 29.3 Å². The Morgan fingerprint density at radius 3 is 2.53 bits per heavy atom. The van der Waals surface area contributed by atoms with E-state index in [9.17, 15) is 13.2 Å². The average molecular weight is 459 g/mol. The van der Waals surface area contributed by atoms with Crippen LogP contribution in [0.5, 0.6) is 0 Å². The highest BCUT2D eigenvalue weighted by atomic mass is 19.4. The molecule has 0 bridgehead atoms. The molecule has 5 nitrogen and oxygen atoms in total. The lowest BCUT2D eigenvalue weighted by atomic mass is 9.98. The molecule has 5 rings (SSSR count). The van der Waals surface area contributed by atoms with Gasteiger partial charge in [-0.3, -0.25) is 9.98 Å². The average Bonchev–Trinajstić information content (AvgIpc) is 2.87. The van der Waals surface area contributed by atoms with Gasteiger partial charge in [0.1, 0.15) is 0 Å². The summed E-state index contributed by atoms with van der Waals surface area (Å²) in [6, 6.07) is 16.9. The van der Waals surface area contributed by atoms with Crippen LogP contribution in [-0.2, 0) is 12.6 Å². The van der Waals surface area contributed by atoms with Gasteiger partial charge in [-0.05, 0) is 41.8 Å². The van der Waals surface area contributed by atoms with Crippen LogP contribution in [0.15, 0.2) is 84.2 Å². The Morgan fingerprint density at radius 1 is 0.882 bits per heavy atom. The van der Waals surface area contributed by atoms with Crippen molar-refractivity contribution in [2.24, 2.45) is 4.99 Å². The van der Waals surface area contributed by atoms with Crippen LogP contribution in [0.25, 0.3) is 22.4 Å². The van der Waals surface area contributed by atoms with Gasteiger partial charge in [-0.15, -0.1) is 0 Å². The molecule has 1 aliphatic rings. The van der Waals surface area contributed by atoms with Gasteiger partial charge in [0, 0.05) is 41.8 Å². The summed E-state index contributed by atoms with van der Waals surface area (Å²) in [5.74, 6) is 0.369. The first-order valence-corrected chi connectivity index (χ1v) is 10.8. The molecule has 4 aromatic rings. The first-order valence-electron chi connectivity index (χ1n) is 10.8. The van der Waals surface area contributed by atoms with Crippen LogP contribution >= 0.6 is 0 Å². The highest BCUT2D eigenvalue weighted by Gasteiger charge is 2.30. The van der Waals surface area contributed by atoms with Gasteiger partial charge < -0.3 is 5.32 Å². The molecule has 0 aliphatic carbocycles. The van der Waals surface area contributed by atoms with Gasteiger partial charge >= 0.3 is 6.18 Å². The number of benzene rings is 2. The summed E-state index contributed by atoms with van der Waals surface area (Å²) in [5.41, 5.74) is 4.71. The number of pyridine rings is 1. The van der Waals surface area contributed by atoms with Crippen molar-refractivity contribution in [3.8, 4) is 22.4 Å². The zero-order valence-electron chi connectivity index (χ0n) is 18.0. The molecule has 1 N–H and O–H groups in total. The van der Waals surface area contributed by atoms with Crippen molar-refractivity contribution in [3.63, 3.8) is 0 Å². The van der Waals surface area contributed by atoms with Crippen LogP contribution in [-0.4, -0.2) is 33.8 Å². The molecule has 0 atom stereocenters. The second kappa shape index (κ2) is 9.05. The summed E-state index contributed by atoms with van der Waals surface area (Å²) in [5, 5.41) is 3.23. The van der Waals surface area contributed by atoms with Crippen molar-refractivity contribution in [3.05, 3.63) is 95.9 Å². The Balaban J connectivity index is 1.49. The van der Waals surface area contributed by atoms with Gasteiger partial charge in [-0.2, -0.15) is 13.2 Å². The maximum atomic E-state index is 13.3. The Kier molecular flexibility index (Phi) is 5.79. The fourth-order valence-corrected chi connectivity index (χ4v) is 4.00. The quantitative estimate of drug-likeness (QED) is 0.417. The minimum Gasteiger partial charge on any atom is -0.349 e. The zero-order valence-corrected chi connectivity index (χ0v) is 18.0. The second-order valence-electron chi connectivity index (χ2n) is 7.86. The highest BCUT2D eigenvalue weighted by molar-refractivity contribution is 6.05. The monoisotopic (exact) mass is 459 g/mol. The fraction of sp³-hybridized carbons (Fsp3) is 0.154. The number of anilines is 1. The smallest absolute Gasteiger partial charge is 0.349 e. The Morgan fingerprint density at radius 2 is 1.71 bits per heavy atom. The highest BCUT2D eigenvalue weighted by Crippen LogP contribution is 2.35. The molecule has 0 fully saturated rings. The molecule has 0 radical (unpaired) electrons. The van der Waals surface area contributed by atoms with Gasteiger partial charge in [-0.25, -0.2) is 9.97 Å². The van der Waals surface area contributed by atoms with Gasteiger partial charge in [0.15, 0.2) is 0 Å². The largest absolute Gasteiger partial charge is 0.416 e. The van der Waals surface area contributed by atoms with Crippen LogP contribution in [0, 0.1) is 0 Å². The topological polar surface area (TPSA) is 63.1 Å². The van der Waals surface area contributed by atoms with Crippen molar-refractivity contribution in [1.29, 1.82) is 0 Å². The number of nitrogens with zero attached hydrogens (tertiary/aromatic N) is 4. The predicted molar refractivity (Wildman–Crippen MR) is 126 cm³/mol. The zero-order chi connectivity index (χ0) is 23.5. The third-order valence-corrected chi connectivity index (χ3v) is 5.67. The van der Waals surface area contributed by atoms with E-state index in [1.807, 2.05) is 12.1 Å². The minimum atomic E-state index is -4.44. The number of fused-ring (bicyclic) bond motifs is 1. The molecule has 2 aromatic carbocycles. The molecule has 170 valence electrons. The van der Waals surface area contributed by atoms with E-state index in [0.717, 1.165) is 41.9 Å². The lowest BCUT2D eigenvalue weighted by Crippen LogP contribution is -2.22. The first-order chi connectivity index (χ1) is 16.5. The maximum Gasteiger partial charge on any atom is 0.416 e. The van der Waals surface area contributed by atoms with Crippen molar-refractivity contribution in [2.75, 3.05) is 18.4 Å². The molecule has 3 heterocycles. The summed E-state index contributed by atoms with van der Waals surface area (Å²) in [6.07, 6.45) is 1.26. The van der Waals surface area contributed by atoms with E-state index in [4.69, 9.17) is 0 Å². The number of halogens is 3. The van der Waals surface area contributed by atoms with Crippen LogP contribution in [0.1, 0.15) is 16.7 Å². The Hall–Kier alpha value is -4.07. The van der Waals surface area contributed by atoms with Crippen molar-refractivity contribution in [2.45, 2.75) is 12.6 Å². The normalized spacial score (nSPS) is 13.2. The summed E-state index contributed by atoms with van der Waals surface area (Å²) in [7, 11) is 0. The molecule has 8 heteroatoms. The number of nitrogens with one attached hydrogen (secondary N) is 1. The van der Waals surface area contributed by atoms with Crippen molar-refractivity contribution in [1.82, 2.24) is 15.0 Å². The molecule has 0 amide bonds. The van der Waals surface area contributed by atoms with Gasteiger partial charge in [0.05, 0.1) is 23.5 Å². The number of rotatable bonds is 5. The van der Waals surface area contributed by atoms with Crippen molar-refractivity contribution < 1.29 is 13.2 Å².